The number of hydrogen-bond acceptors (Lipinski definition) is 2. The topological polar surface area (TPSA) is 29.9 Å². The van der Waals surface area contributed by atoms with E-state index in [9.17, 15) is 4.39 Å². The van der Waals surface area contributed by atoms with Crippen molar-refractivity contribution in [2.24, 2.45) is 7.05 Å². The van der Waals surface area contributed by atoms with Crippen molar-refractivity contribution in [1.29, 1.82) is 0 Å². The Bertz CT molecular complexity index is 672. The average molecular weight is 336 g/mol. The minimum absolute atomic E-state index is 0.107. The molecule has 0 spiro atoms. The Labute approximate surface area is 141 Å². The summed E-state index contributed by atoms with van der Waals surface area (Å²) in [4.78, 5) is 0. The largest absolute Gasteiger partial charge is 0.312 e. The third-order valence-electron chi connectivity index (χ3n) is 5.05. The molecule has 3 nitrogen and oxygen atoms in total. The minimum atomic E-state index is -0.173. The molecule has 0 radical (unpaired) electrons. The minimum Gasteiger partial charge on any atom is -0.312 e. The monoisotopic (exact) mass is 335 g/mol. The van der Waals surface area contributed by atoms with Crippen molar-refractivity contribution >= 4 is 11.6 Å². The van der Waals surface area contributed by atoms with Gasteiger partial charge in [-0.25, -0.2) is 4.39 Å². The van der Waals surface area contributed by atoms with Gasteiger partial charge in [0.1, 0.15) is 11.0 Å². The van der Waals surface area contributed by atoms with Crippen LogP contribution in [0.1, 0.15) is 42.5 Å². The zero-order valence-corrected chi connectivity index (χ0v) is 14.5. The Morgan fingerprint density at radius 3 is 2.48 bits per heavy atom. The lowest BCUT2D eigenvalue weighted by Gasteiger charge is -2.30. The molecule has 0 amide bonds. The van der Waals surface area contributed by atoms with Crippen LogP contribution in [0.2, 0.25) is 5.15 Å². The van der Waals surface area contributed by atoms with E-state index >= 15 is 0 Å². The van der Waals surface area contributed by atoms with Crippen LogP contribution in [0.25, 0.3) is 0 Å². The Morgan fingerprint density at radius 1 is 1.26 bits per heavy atom. The van der Waals surface area contributed by atoms with Crippen molar-refractivity contribution < 1.29 is 4.39 Å². The highest BCUT2D eigenvalue weighted by molar-refractivity contribution is 6.30. The Kier molecular flexibility index (Phi) is 4.74. The molecule has 0 aliphatic heterocycles. The average Bonchev–Trinajstić information content (AvgIpc) is 3.09. The summed E-state index contributed by atoms with van der Waals surface area (Å²) in [6.45, 7) is 3.57. The Hall–Kier alpha value is -1.39. The predicted molar refractivity (Wildman–Crippen MR) is 91.2 cm³/mol. The van der Waals surface area contributed by atoms with E-state index in [4.69, 9.17) is 11.6 Å². The van der Waals surface area contributed by atoms with Gasteiger partial charge >= 0.3 is 0 Å². The number of hydrogen-bond donors (Lipinski definition) is 1. The number of halogens is 2. The van der Waals surface area contributed by atoms with Gasteiger partial charge in [-0.2, -0.15) is 5.10 Å². The zero-order chi connectivity index (χ0) is 16.4. The van der Waals surface area contributed by atoms with Gasteiger partial charge in [0.25, 0.3) is 0 Å². The first-order chi connectivity index (χ1) is 11.0. The predicted octanol–water partition coefficient (Wildman–Crippen LogP) is 4.12. The number of rotatable bonds is 5. The molecule has 0 unspecified atom stereocenters. The standard InChI is InChI=1S/C18H23ClFN3/c1-13-16(17(19)23(2)22-13)11-21-12-18(9-3-4-10-18)14-5-7-15(20)8-6-14/h5-8,21H,3-4,9-12H2,1-2H3. The van der Waals surface area contributed by atoms with Crippen LogP contribution in [0.4, 0.5) is 4.39 Å². The molecule has 1 saturated carbocycles. The summed E-state index contributed by atoms with van der Waals surface area (Å²) in [6, 6.07) is 7.00. The highest BCUT2D eigenvalue weighted by Gasteiger charge is 2.35. The summed E-state index contributed by atoms with van der Waals surface area (Å²) in [5, 5.41) is 8.60. The van der Waals surface area contributed by atoms with Crippen LogP contribution in [-0.4, -0.2) is 16.3 Å². The smallest absolute Gasteiger partial charge is 0.131 e. The lowest BCUT2D eigenvalue weighted by molar-refractivity contribution is 0.403. The fourth-order valence-electron chi connectivity index (χ4n) is 3.72. The fourth-order valence-corrected chi connectivity index (χ4v) is 3.97. The first kappa shape index (κ1) is 16.5. The van der Waals surface area contributed by atoms with Crippen LogP contribution in [0.15, 0.2) is 24.3 Å². The molecule has 1 fully saturated rings. The molecule has 0 atom stereocenters. The van der Waals surface area contributed by atoms with Gasteiger partial charge in [-0.3, -0.25) is 4.68 Å². The highest BCUT2D eigenvalue weighted by atomic mass is 35.5. The molecule has 0 bridgehead atoms. The van der Waals surface area contributed by atoms with E-state index in [1.807, 2.05) is 26.1 Å². The molecule has 1 aromatic heterocycles. The van der Waals surface area contributed by atoms with Gasteiger partial charge in [0.05, 0.1) is 5.69 Å². The van der Waals surface area contributed by atoms with E-state index in [-0.39, 0.29) is 11.2 Å². The summed E-state index contributed by atoms with van der Waals surface area (Å²) in [6.07, 6.45) is 4.74. The number of aromatic nitrogens is 2. The fraction of sp³-hybridized carbons (Fsp3) is 0.500. The number of aryl methyl sites for hydroxylation is 2. The maximum Gasteiger partial charge on any atom is 0.131 e. The van der Waals surface area contributed by atoms with E-state index in [0.29, 0.717) is 11.7 Å². The van der Waals surface area contributed by atoms with Crippen LogP contribution in [0, 0.1) is 12.7 Å². The normalized spacial score (nSPS) is 16.9. The maximum atomic E-state index is 13.2. The van der Waals surface area contributed by atoms with Crippen molar-refractivity contribution in [3.63, 3.8) is 0 Å². The van der Waals surface area contributed by atoms with Crippen LogP contribution < -0.4 is 5.32 Å². The summed E-state index contributed by atoms with van der Waals surface area (Å²) >= 11 is 6.30. The maximum absolute atomic E-state index is 13.2. The van der Waals surface area contributed by atoms with Crippen molar-refractivity contribution in [3.8, 4) is 0 Å². The SMILES string of the molecule is Cc1nn(C)c(Cl)c1CNCC1(c2ccc(F)cc2)CCCC1. The van der Waals surface area contributed by atoms with E-state index in [0.717, 1.165) is 30.6 Å². The van der Waals surface area contributed by atoms with Crippen molar-refractivity contribution in [2.45, 2.75) is 44.6 Å². The van der Waals surface area contributed by atoms with Crippen LogP contribution >= 0.6 is 11.6 Å². The quantitative estimate of drug-likeness (QED) is 0.890. The number of nitrogens with zero attached hydrogens (tertiary/aromatic N) is 2. The summed E-state index contributed by atoms with van der Waals surface area (Å²) < 4.78 is 14.9. The van der Waals surface area contributed by atoms with E-state index in [1.54, 1.807) is 16.8 Å². The van der Waals surface area contributed by atoms with Crippen molar-refractivity contribution in [1.82, 2.24) is 15.1 Å². The van der Waals surface area contributed by atoms with Gasteiger partial charge in [0, 0.05) is 31.1 Å². The molecule has 23 heavy (non-hydrogen) atoms. The van der Waals surface area contributed by atoms with E-state index in [2.05, 4.69) is 10.4 Å². The summed E-state index contributed by atoms with van der Waals surface area (Å²) in [7, 11) is 1.86. The molecule has 0 saturated heterocycles. The molecular formula is C18H23ClFN3. The second-order valence-corrected chi connectivity index (χ2v) is 6.93. The van der Waals surface area contributed by atoms with E-state index in [1.165, 1.54) is 18.4 Å². The molecule has 1 heterocycles. The van der Waals surface area contributed by atoms with Gasteiger partial charge in [-0.15, -0.1) is 0 Å². The molecule has 1 aromatic carbocycles. The van der Waals surface area contributed by atoms with Gasteiger partial charge in [0.15, 0.2) is 0 Å². The van der Waals surface area contributed by atoms with Crippen molar-refractivity contribution in [2.75, 3.05) is 6.54 Å². The summed E-state index contributed by atoms with van der Waals surface area (Å²) in [5.74, 6) is -0.173. The first-order valence-corrected chi connectivity index (χ1v) is 8.54. The van der Waals surface area contributed by atoms with Crippen molar-refractivity contribution in [3.05, 3.63) is 52.1 Å². The second kappa shape index (κ2) is 6.62. The Morgan fingerprint density at radius 2 is 1.91 bits per heavy atom. The van der Waals surface area contributed by atoms with Crippen LogP contribution in [-0.2, 0) is 19.0 Å². The van der Waals surface area contributed by atoms with Crippen LogP contribution in [0.5, 0.6) is 0 Å². The van der Waals surface area contributed by atoms with E-state index < -0.39 is 0 Å². The third-order valence-corrected chi connectivity index (χ3v) is 5.53. The van der Waals surface area contributed by atoms with Crippen LogP contribution in [0.3, 0.4) is 0 Å². The number of benzene rings is 1. The molecule has 124 valence electrons. The molecule has 1 aliphatic rings. The van der Waals surface area contributed by atoms with Gasteiger partial charge in [0.2, 0.25) is 0 Å². The Balaban J connectivity index is 1.72. The lowest BCUT2D eigenvalue weighted by atomic mass is 9.79. The molecule has 2 aromatic rings. The zero-order valence-electron chi connectivity index (χ0n) is 13.7. The molecule has 5 heteroatoms. The molecule has 1 N–H and O–H groups in total. The molecule has 3 rings (SSSR count). The molecule has 1 aliphatic carbocycles. The van der Waals surface area contributed by atoms with Gasteiger partial charge in [-0.1, -0.05) is 36.6 Å². The van der Waals surface area contributed by atoms with Gasteiger partial charge in [-0.05, 0) is 37.5 Å². The second-order valence-electron chi connectivity index (χ2n) is 6.58. The first-order valence-electron chi connectivity index (χ1n) is 8.17. The lowest BCUT2D eigenvalue weighted by Crippen LogP contribution is -2.35. The molecular weight excluding hydrogens is 313 g/mol. The highest BCUT2D eigenvalue weighted by Crippen LogP contribution is 2.40. The third kappa shape index (κ3) is 3.29. The number of nitrogens with one attached hydrogen (secondary N) is 1. The summed E-state index contributed by atoms with van der Waals surface area (Å²) in [5.41, 5.74) is 3.36. The van der Waals surface area contributed by atoms with Gasteiger partial charge < -0.3 is 5.32 Å².